The first-order valence-corrected chi connectivity index (χ1v) is 9.07. The average molecular weight is 355 g/mol. The molecule has 8 heteroatoms. The Hall–Kier alpha value is -1.93. The van der Waals surface area contributed by atoms with Gasteiger partial charge in [-0.1, -0.05) is 17.7 Å². The van der Waals surface area contributed by atoms with Crippen LogP contribution in [0.2, 0.25) is 0 Å². The number of methoxy groups -OCH3 is 1. The Morgan fingerprint density at radius 3 is 2.42 bits per heavy atom. The number of hydrogen-bond donors (Lipinski definition) is 0. The minimum absolute atomic E-state index is 0.0203. The SMILES string of the molecule is CCOC(=O)C[C@H]1CN(S(=O)(=O)c2ccc(C)cc2)[C@H]1C(=O)OC. The van der Waals surface area contributed by atoms with Gasteiger partial charge in [0.25, 0.3) is 0 Å². The number of carbonyl (C=O) groups excluding carboxylic acids is 2. The van der Waals surface area contributed by atoms with Crippen LogP contribution in [0.5, 0.6) is 0 Å². The van der Waals surface area contributed by atoms with Gasteiger partial charge >= 0.3 is 11.9 Å². The van der Waals surface area contributed by atoms with Crippen molar-refractivity contribution in [1.82, 2.24) is 4.31 Å². The summed E-state index contributed by atoms with van der Waals surface area (Å²) in [5, 5.41) is 0. The van der Waals surface area contributed by atoms with Gasteiger partial charge in [0.15, 0.2) is 0 Å². The molecule has 0 spiro atoms. The van der Waals surface area contributed by atoms with Gasteiger partial charge in [0.1, 0.15) is 6.04 Å². The maximum Gasteiger partial charge on any atom is 0.324 e. The fourth-order valence-electron chi connectivity index (χ4n) is 2.68. The van der Waals surface area contributed by atoms with Crippen LogP contribution in [0.4, 0.5) is 0 Å². The number of esters is 2. The molecule has 0 amide bonds. The number of hydrogen-bond acceptors (Lipinski definition) is 6. The van der Waals surface area contributed by atoms with E-state index in [-0.39, 0.29) is 24.5 Å². The van der Waals surface area contributed by atoms with Crippen LogP contribution in [0.1, 0.15) is 18.9 Å². The third-order valence-corrected chi connectivity index (χ3v) is 5.84. The van der Waals surface area contributed by atoms with E-state index in [1.54, 1.807) is 19.1 Å². The molecule has 1 saturated heterocycles. The topological polar surface area (TPSA) is 90.0 Å². The average Bonchev–Trinajstić information content (AvgIpc) is 2.51. The summed E-state index contributed by atoms with van der Waals surface area (Å²) in [4.78, 5) is 23.7. The summed E-state index contributed by atoms with van der Waals surface area (Å²) < 4.78 is 36.1. The zero-order valence-electron chi connectivity index (χ0n) is 13.9. The van der Waals surface area contributed by atoms with E-state index in [1.807, 2.05) is 6.92 Å². The van der Waals surface area contributed by atoms with E-state index in [9.17, 15) is 18.0 Å². The zero-order chi connectivity index (χ0) is 17.9. The van der Waals surface area contributed by atoms with Crippen LogP contribution in [0.3, 0.4) is 0 Å². The largest absolute Gasteiger partial charge is 0.468 e. The number of ether oxygens (including phenoxy) is 2. The minimum atomic E-state index is -3.82. The zero-order valence-corrected chi connectivity index (χ0v) is 14.7. The van der Waals surface area contributed by atoms with Crippen LogP contribution < -0.4 is 0 Å². The first-order chi connectivity index (χ1) is 11.3. The second-order valence-electron chi connectivity index (χ2n) is 5.62. The van der Waals surface area contributed by atoms with Gasteiger partial charge in [0.2, 0.25) is 10.0 Å². The maximum absolute atomic E-state index is 12.7. The van der Waals surface area contributed by atoms with Crippen LogP contribution in [-0.4, -0.2) is 51.0 Å². The Labute approximate surface area is 141 Å². The number of sulfonamides is 1. The maximum atomic E-state index is 12.7. The Morgan fingerprint density at radius 1 is 1.25 bits per heavy atom. The minimum Gasteiger partial charge on any atom is -0.468 e. The highest BCUT2D eigenvalue weighted by atomic mass is 32.2. The summed E-state index contributed by atoms with van der Waals surface area (Å²) in [6.07, 6.45) is -0.0203. The molecule has 0 bridgehead atoms. The smallest absolute Gasteiger partial charge is 0.324 e. The molecule has 1 aliphatic rings. The van der Waals surface area contributed by atoms with Crippen LogP contribution >= 0.6 is 0 Å². The monoisotopic (exact) mass is 355 g/mol. The summed E-state index contributed by atoms with van der Waals surface area (Å²) in [5.74, 6) is -1.58. The van der Waals surface area contributed by atoms with Gasteiger partial charge in [-0.15, -0.1) is 0 Å². The molecule has 1 aliphatic heterocycles. The van der Waals surface area contributed by atoms with E-state index in [1.165, 1.54) is 19.2 Å². The van der Waals surface area contributed by atoms with Gasteiger partial charge in [-0.2, -0.15) is 4.31 Å². The molecule has 0 saturated carbocycles. The van der Waals surface area contributed by atoms with Gasteiger partial charge in [0, 0.05) is 12.5 Å². The van der Waals surface area contributed by atoms with Crippen molar-refractivity contribution in [3.63, 3.8) is 0 Å². The second kappa shape index (κ2) is 7.31. The van der Waals surface area contributed by atoms with Crippen LogP contribution in [-0.2, 0) is 29.1 Å². The van der Waals surface area contributed by atoms with Crippen molar-refractivity contribution in [1.29, 1.82) is 0 Å². The van der Waals surface area contributed by atoms with Crippen LogP contribution in [0, 0.1) is 12.8 Å². The fourth-order valence-corrected chi connectivity index (χ4v) is 4.37. The van der Waals surface area contributed by atoms with E-state index in [0.29, 0.717) is 0 Å². The quantitative estimate of drug-likeness (QED) is 0.710. The molecule has 24 heavy (non-hydrogen) atoms. The van der Waals surface area contributed by atoms with Crippen molar-refractivity contribution in [2.45, 2.75) is 31.2 Å². The molecule has 0 aromatic heterocycles. The van der Waals surface area contributed by atoms with Crippen molar-refractivity contribution in [2.75, 3.05) is 20.3 Å². The van der Waals surface area contributed by atoms with Crippen LogP contribution in [0.25, 0.3) is 0 Å². The lowest BCUT2D eigenvalue weighted by Gasteiger charge is -2.44. The summed E-state index contributed by atoms with van der Waals surface area (Å²) in [6, 6.07) is 5.37. The molecule has 1 heterocycles. The molecule has 0 radical (unpaired) electrons. The van der Waals surface area contributed by atoms with Crippen molar-refractivity contribution >= 4 is 22.0 Å². The summed E-state index contributed by atoms with van der Waals surface area (Å²) >= 11 is 0. The first kappa shape index (κ1) is 18.4. The predicted molar refractivity (Wildman–Crippen MR) is 85.6 cm³/mol. The summed E-state index contributed by atoms with van der Waals surface area (Å²) in [5.41, 5.74) is 0.933. The summed E-state index contributed by atoms with van der Waals surface area (Å²) in [7, 11) is -2.63. The predicted octanol–water partition coefficient (Wildman–Crippen LogP) is 1.11. The van der Waals surface area contributed by atoms with E-state index in [4.69, 9.17) is 9.47 Å². The lowest BCUT2D eigenvalue weighted by molar-refractivity contribution is -0.155. The van der Waals surface area contributed by atoms with E-state index >= 15 is 0 Å². The lowest BCUT2D eigenvalue weighted by atomic mass is 9.88. The van der Waals surface area contributed by atoms with Crippen molar-refractivity contribution in [3.05, 3.63) is 29.8 Å². The highest BCUT2D eigenvalue weighted by Crippen LogP contribution is 2.34. The number of benzene rings is 1. The Bertz CT molecular complexity index is 713. The lowest BCUT2D eigenvalue weighted by Crippen LogP contribution is -2.62. The molecule has 2 rings (SSSR count). The summed E-state index contributed by atoms with van der Waals surface area (Å²) in [6.45, 7) is 3.85. The third-order valence-electron chi connectivity index (χ3n) is 3.98. The molecule has 2 atom stereocenters. The van der Waals surface area contributed by atoms with E-state index in [2.05, 4.69) is 0 Å². The Balaban J connectivity index is 2.21. The van der Waals surface area contributed by atoms with Gasteiger partial charge in [-0.05, 0) is 26.0 Å². The molecular formula is C16H21NO6S. The number of nitrogens with zero attached hydrogens (tertiary/aromatic N) is 1. The highest BCUT2D eigenvalue weighted by Gasteiger charge is 2.51. The molecular weight excluding hydrogens is 334 g/mol. The molecule has 0 aliphatic carbocycles. The molecule has 0 N–H and O–H groups in total. The van der Waals surface area contributed by atoms with Crippen molar-refractivity contribution in [3.8, 4) is 0 Å². The molecule has 1 aromatic carbocycles. The molecule has 132 valence electrons. The van der Waals surface area contributed by atoms with Gasteiger partial charge in [0.05, 0.1) is 25.0 Å². The van der Waals surface area contributed by atoms with Crippen molar-refractivity contribution in [2.24, 2.45) is 5.92 Å². The second-order valence-corrected chi connectivity index (χ2v) is 7.52. The first-order valence-electron chi connectivity index (χ1n) is 7.63. The normalized spacial score (nSPS) is 21.0. The molecule has 7 nitrogen and oxygen atoms in total. The number of rotatable bonds is 6. The van der Waals surface area contributed by atoms with E-state index in [0.717, 1.165) is 9.87 Å². The third kappa shape index (κ3) is 3.59. The van der Waals surface area contributed by atoms with E-state index < -0.39 is 33.9 Å². The molecule has 1 aromatic rings. The molecule has 0 unspecified atom stereocenters. The Kier molecular flexibility index (Phi) is 5.61. The highest BCUT2D eigenvalue weighted by molar-refractivity contribution is 7.89. The fraction of sp³-hybridized carbons (Fsp3) is 0.500. The number of aryl methyl sites for hydroxylation is 1. The van der Waals surface area contributed by atoms with Gasteiger partial charge < -0.3 is 9.47 Å². The standard InChI is InChI=1S/C16H21NO6S/c1-4-23-14(18)9-12-10-17(15(12)16(19)22-3)24(20,21)13-7-5-11(2)6-8-13/h5-8,12,15H,4,9-10H2,1-3H3/t12-,15+/m0/s1. The van der Waals surface area contributed by atoms with Gasteiger partial charge in [-0.3, -0.25) is 9.59 Å². The van der Waals surface area contributed by atoms with Gasteiger partial charge in [-0.25, -0.2) is 8.42 Å². The molecule has 1 fully saturated rings. The number of carbonyl (C=O) groups is 2. The Morgan fingerprint density at radius 2 is 1.88 bits per heavy atom. The van der Waals surface area contributed by atoms with Crippen molar-refractivity contribution < 1.29 is 27.5 Å². The van der Waals surface area contributed by atoms with Crippen LogP contribution in [0.15, 0.2) is 29.2 Å².